The maximum Gasteiger partial charge on any atom is 0.0453 e. The van der Waals surface area contributed by atoms with Crippen LogP contribution in [0.5, 0.6) is 0 Å². The molecule has 0 N–H and O–H groups in total. The van der Waals surface area contributed by atoms with E-state index in [-0.39, 0.29) is 10.8 Å². The van der Waals surface area contributed by atoms with Gasteiger partial charge in [0.25, 0.3) is 0 Å². The van der Waals surface area contributed by atoms with Crippen LogP contribution in [0.4, 0.5) is 0 Å². The van der Waals surface area contributed by atoms with Gasteiger partial charge in [0.2, 0.25) is 0 Å². The van der Waals surface area contributed by atoms with Gasteiger partial charge in [-0.05, 0) is 54.2 Å². The summed E-state index contributed by atoms with van der Waals surface area (Å²) in [7, 11) is 0. The maximum absolute atomic E-state index is 6.64. The largest absolute Gasteiger partial charge is 0.123 e. The predicted octanol–water partition coefficient (Wildman–Crippen LogP) is 6.61. The molecule has 1 saturated carbocycles. The van der Waals surface area contributed by atoms with Crippen molar-refractivity contribution in [2.24, 2.45) is 17.3 Å². The number of hydrogen-bond acceptors (Lipinski definition) is 0. The lowest BCUT2D eigenvalue weighted by Gasteiger charge is -2.42. The molecule has 1 aromatic carbocycles. The fourth-order valence-electron chi connectivity index (χ4n) is 3.48. The standard InChI is InChI=1S/C17H23Cl3/c1-11-7-8-13(16(20)9-11)17(2,3)10-12-14(18)5-4-6-15(12)19/h4-6,11,13,16H,7-10H2,1-3H3. The minimum atomic E-state index is 0.112. The van der Waals surface area contributed by atoms with Crippen molar-refractivity contribution in [3.8, 4) is 0 Å². The molecule has 1 fully saturated rings. The van der Waals surface area contributed by atoms with Gasteiger partial charge in [0.05, 0.1) is 0 Å². The van der Waals surface area contributed by atoms with Crippen LogP contribution in [0.15, 0.2) is 18.2 Å². The Morgan fingerprint density at radius 2 is 1.75 bits per heavy atom. The molecule has 0 nitrogen and oxygen atoms in total. The molecule has 0 radical (unpaired) electrons. The molecule has 3 atom stereocenters. The molecule has 0 bridgehead atoms. The second kappa shape index (κ2) is 6.46. The Hall–Kier alpha value is 0.0900. The van der Waals surface area contributed by atoms with Gasteiger partial charge in [0.1, 0.15) is 0 Å². The van der Waals surface area contributed by atoms with Gasteiger partial charge < -0.3 is 0 Å². The monoisotopic (exact) mass is 332 g/mol. The fourth-order valence-corrected chi connectivity index (χ4v) is 4.78. The topological polar surface area (TPSA) is 0 Å². The van der Waals surface area contributed by atoms with Gasteiger partial charge in [-0.25, -0.2) is 0 Å². The Balaban J connectivity index is 2.18. The smallest absolute Gasteiger partial charge is 0.0453 e. The van der Waals surface area contributed by atoms with Crippen molar-refractivity contribution >= 4 is 34.8 Å². The summed E-state index contributed by atoms with van der Waals surface area (Å²) in [6, 6.07) is 5.73. The summed E-state index contributed by atoms with van der Waals surface area (Å²) in [6.45, 7) is 6.88. The minimum absolute atomic E-state index is 0.112. The summed E-state index contributed by atoms with van der Waals surface area (Å²) in [5.74, 6) is 1.26. The van der Waals surface area contributed by atoms with E-state index in [1.807, 2.05) is 18.2 Å². The molecule has 0 spiro atoms. The SMILES string of the molecule is CC1CCC(C(C)(C)Cc2c(Cl)cccc2Cl)C(Cl)C1. The van der Waals surface area contributed by atoms with E-state index in [4.69, 9.17) is 34.8 Å². The Kier molecular flexibility index (Phi) is 5.32. The molecule has 3 unspecified atom stereocenters. The van der Waals surface area contributed by atoms with Crippen molar-refractivity contribution in [2.45, 2.75) is 51.8 Å². The summed E-state index contributed by atoms with van der Waals surface area (Å²) in [5.41, 5.74) is 1.17. The first kappa shape index (κ1) is 16.5. The lowest BCUT2D eigenvalue weighted by Crippen LogP contribution is -2.37. The molecular formula is C17H23Cl3. The van der Waals surface area contributed by atoms with Crippen LogP contribution in [-0.4, -0.2) is 5.38 Å². The van der Waals surface area contributed by atoms with E-state index in [1.54, 1.807) is 0 Å². The van der Waals surface area contributed by atoms with Crippen LogP contribution in [0.1, 0.15) is 45.6 Å². The Labute approximate surface area is 137 Å². The minimum Gasteiger partial charge on any atom is -0.123 e. The highest BCUT2D eigenvalue weighted by molar-refractivity contribution is 6.36. The van der Waals surface area contributed by atoms with Gasteiger partial charge in [-0.2, -0.15) is 0 Å². The number of alkyl halides is 1. The van der Waals surface area contributed by atoms with Crippen LogP contribution in [0.3, 0.4) is 0 Å². The van der Waals surface area contributed by atoms with Crippen LogP contribution in [0.2, 0.25) is 10.0 Å². The van der Waals surface area contributed by atoms with Crippen molar-refractivity contribution in [3.05, 3.63) is 33.8 Å². The van der Waals surface area contributed by atoms with Gasteiger partial charge in [0.15, 0.2) is 0 Å². The third-order valence-corrected chi connectivity index (χ3v) is 5.92. The normalized spacial score (nSPS) is 27.6. The molecule has 0 aromatic heterocycles. The fraction of sp³-hybridized carbons (Fsp3) is 0.647. The zero-order valence-electron chi connectivity index (χ0n) is 12.4. The number of benzene rings is 1. The van der Waals surface area contributed by atoms with Crippen molar-refractivity contribution in [3.63, 3.8) is 0 Å². The molecule has 2 rings (SSSR count). The summed E-state index contributed by atoms with van der Waals surface area (Å²) in [5, 5.41) is 1.79. The highest BCUT2D eigenvalue weighted by Gasteiger charge is 2.38. The molecule has 3 heteroatoms. The highest BCUT2D eigenvalue weighted by Crippen LogP contribution is 2.45. The quantitative estimate of drug-likeness (QED) is 0.546. The van der Waals surface area contributed by atoms with Crippen LogP contribution < -0.4 is 0 Å². The molecule has 1 aliphatic carbocycles. The molecular weight excluding hydrogens is 311 g/mol. The van der Waals surface area contributed by atoms with Crippen molar-refractivity contribution in [1.29, 1.82) is 0 Å². The Morgan fingerprint density at radius 1 is 1.15 bits per heavy atom. The average molecular weight is 334 g/mol. The molecule has 0 saturated heterocycles. The molecule has 0 aliphatic heterocycles. The van der Waals surface area contributed by atoms with Crippen LogP contribution in [0.25, 0.3) is 0 Å². The molecule has 1 aromatic rings. The van der Waals surface area contributed by atoms with Gasteiger partial charge in [-0.3, -0.25) is 0 Å². The number of rotatable bonds is 3. The van der Waals surface area contributed by atoms with E-state index < -0.39 is 0 Å². The van der Waals surface area contributed by atoms with E-state index in [0.29, 0.717) is 5.92 Å². The van der Waals surface area contributed by atoms with Crippen LogP contribution in [0, 0.1) is 17.3 Å². The Morgan fingerprint density at radius 3 is 2.30 bits per heavy atom. The zero-order chi connectivity index (χ0) is 14.9. The van der Waals surface area contributed by atoms with E-state index in [1.165, 1.54) is 12.8 Å². The van der Waals surface area contributed by atoms with E-state index in [2.05, 4.69) is 20.8 Å². The number of hydrogen-bond donors (Lipinski definition) is 0. The molecule has 112 valence electrons. The van der Waals surface area contributed by atoms with E-state index in [9.17, 15) is 0 Å². The van der Waals surface area contributed by atoms with Gasteiger partial charge >= 0.3 is 0 Å². The van der Waals surface area contributed by atoms with E-state index >= 15 is 0 Å². The van der Waals surface area contributed by atoms with Crippen molar-refractivity contribution in [1.82, 2.24) is 0 Å². The van der Waals surface area contributed by atoms with Gasteiger partial charge in [-0.15, -0.1) is 11.6 Å². The van der Waals surface area contributed by atoms with Crippen LogP contribution in [-0.2, 0) is 6.42 Å². The summed E-state index contributed by atoms with van der Waals surface area (Å²) in [6.07, 6.45) is 4.47. The third kappa shape index (κ3) is 3.64. The lowest BCUT2D eigenvalue weighted by atomic mass is 9.66. The van der Waals surface area contributed by atoms with Crippen molar-refractivity contribution < 1.29 is 0 Å². The molecule has 1 aliphatic rings. The molecule has 20 heavy (non-hydrogen) atoms. The molecule has 0 amide bonds. The maximum atomic E-state index is 6.64. The molecule has 0 heterocycles. The third-order valence-electron chi connectivity index (χ3n) is 4.73. The van der Waals surface area contributed by atoms with Crippen LogP contribution >= 0.6 is 34.8 Å². The average Bonchev–Trinajstić information content (AvgIpc) is 2.33. The summed E-state index contributed by atoms with van der Waals surface area (Å²) >= 11 is 19.3. The van der Waals surface area contributed by atoms with Crippen molar-refractivity contribution in [2.75, 3.05) is 0 Å². The van der Waals surface area contributed by atoms with Gasteiger partial charge in [-0.1, -0.05) is 56.5 Å². The Bertz CT molecular complexity index is 447. The predicted molar refractivity (Wildman–Crippen MR) is 90.1 cm³/mol. The summed E-state index contributed by atoms with van der Waals surface area (Å²) in [4.78, 5) is 0. The van der Waals surface area contributed by atoms with Gasteiger partial charge in [0, 0.05) is 15.4 Å². The highest BCUT2D eigenvalue weighted by atomic mass is 35.5. The summed E-state index contributed by atoms with van der Waals surface area (Å²) < 4.78 is 0. The van der Waals surface area contributed by atoms with E-state index in [0.717, 1.165) is 34.4 Å². The second-order valence-corrected chi connectivity index (χ2v) is 8.28. The first-order chi connectivity index (χ1) is 9.31. The first-order valence-electron chi connectivity index (χ1n) is 7.38. The second-order valence-electron chi connectivity index (χ2n) is 6.91. The zero-order valence-corrected chi connectivity index (χ0v) is 14.7. The number of halogens is 3. The first-order valence-corrected chi connectivity index (χ1v) is 8.57. The lowest BCUT2D eigenvalue weighted by molar-refractivity contribution is 0.142.